The van der Waals surface area contributed by atoms with Crippen molar-refractivity contribution in [2.75, 3.05) is 6.54 Å². The molecule has 0 radical (unpaired) electrons. The molecule has 0 aliphatic carbocycles. The number of carbonyl (C=O) groups is 1. The molecule has 0 saturated carbocycles. The minimum Gasteiger partial charge on any atom is -0.339 e. The van der Waals surface area contributed by atoms with Crippen LogP contribution in [0, 0.1) is 6.92 Å². The summed E-state index contributed by atoms with van der Waals surface area (Å²) in [5.74, 6) is 1.05. The standard InChI is InChI=1S/C18H19N5O3/c1-12-17(21-26-20-12)14-8-5-11-23(14)16(24)10-9-15-19-18(22-25-15)13-6-3-2-4-7-13/h2-4,6-7,14H,5,8-11H2,1H3. The Morgan fingerprint density at radius 2 is 2.08 bits per heavy atom. The smallest absolute Gasteiger partial charge is 0.227 e. The van der Waals surface area contributed by atoms with Gasteiger partial charge in [-0.15, -0.1) is 0 Å². The molecule has 26 heavy (non-hydrogen) atoms. The maximum Gasteiger partial charge on any atom is 0.227 e. The number of carbonyl (C=O) groups excluding carboxylic acids is 1. The van der Waals surface area contributed by atoms with Gasteiger partial charge in [0.1, 0.15) is 11.4 Å². The number of hydrogen-bond donors (Lipinski definition) is 0. The highest BCUT2D eigenvalue weighted by Crippen LogP contribution is 2.32. The summed E-state index contributed by atoms with van der Waals surface area (Å²) in [5, 5.41) is 11.8. The molecule has 134 valence electrons. The molecule has 1 fully saturated rings. The van der Waals surface area contributed by atoms with Crippen LogP contribution in [0.5, 0.6) is 0 Å². The predicted octanol–water partition coefficient (Wildman–Crippen LogP) is 2.72. The Morgan fingerprint density at radius 1 is 1.23 bits per heavy atom. The third-order valence-corrected chi connectivity index (χ3v) is 4.63. The van der Waals surface area contributed by atoms with E-state index < -0.39 is 0 Å². The van der Waals surface area contributed by atoms with Gasteiger partial charge in [-0.25, -0.2) is 4.63 Å². The number of likely N-dealkylation sites (tertiary alicyclic amines) is 1. The summed E-state index contributed by atoms with van der Waals surface area (Å²) >= 11 is 0. The summed E-state index contributed by atoms with van der Waals surface area (Å²) < 4.78 is 10.1. The Bertz CT molecular complexity index is 889. The van der Waals surface area contributed by atoms with Crippen molar-refractivity contribution in [1.29, 1.82) is 0 Å². The van der Waals surface area contributed by atoms with E-state index in [1.54, 1.807) is 0 Å². The molecular formula is C18H19N5O3. The SMILES string of the molecule is Cc1nonc1C1CCCN1C(=O)CCc1nc(-c2ccccc2)no1. The quantitative estimate of drug-likeness (QED) is 0.695. The molecule has 0 bridgehead atoms. The molecule has 1 saturated heterocycles. The molecular weight excluding hydrogens is 334 g/mol. The van der Waals surface area contributed by atoms with Crippen molar-refractivity contribution < 1.29 is 13.9 Å². The van der Waals surface area contributed by atoms with Crippen LogP contribution in [0.2, 0.25) is 0 Å². The van der Waals surface area contributed by atoms with Gasteiger partial charge in [-0.1, -0.05) is 45.8 Å². The minimum atomic E-state index is -0.0590. The summed E-state index contributed by atoms with van der Waals surface area (Å²) in [7, 11) is 0. The van der Waals surface area contributed by atoms with E-state index in [1.807, 2.05) is 42.2 Å². The average Bonchev–Trinajstić information content (AvgIpc) is 3.40. The van der Waals surface area contributed by atoms with Crippen LogP contribution in [-0.2, 0) is 11.2 Å². The van der Waals surface area contributed by atoms with Gasteiger partial charge in [-0.3, -0.25) is 4.79 Å². The average molecular weight is 353 g/mol. The Labute approximate surface area is 150 Å². The topological polar surface area (TPSA) is 98.2 Å². The number of rotatable bonds is 5. The van der Waals surface area contributed by atoms with Crippen LogP contribution in [0.1, 0.15) is 42.6 Å². The lowest BCUT2D eigenvalue weighted by Crippen LogP contribution is -2.31. The van der Waals surface area contributed by atoms with Gasteiger partial charge in [-0.05, 0) is 19.8 Å². The zero-order valence-corrected chi connectivity index (χ0v) is 14.5. The highest BCUT2D eigenvalue weighted by atomic mass is 16.6. The molecule has 8 heteroatoms. The van der Waals surface area contributed by atoms with E-state index in [-0.39, 0.29) is 11.9 Å². The summed E-state index contributed by atoms with van der Waals surface area (Å²) in [4.78, 5) is 18.9. The molecule has 1 aliphatic rings. The second-order valence-corrected chi connectivity index (χ2v) is 6.36. The predicted molar refractivity (Wildman–Crippen MR) is 90.8 cm³/mol. The molecule has 1 amide bonds. The number of aromatic nitrogens is 4. The molecule has 0 N–H and O–H groups in total. The van der Waals surface area contributed by atoms with Crippen molar-refractivity contribution in [1.82, 2.24) is 25.4 Å². The fourth-order valence-corrected chi connectivity index (χ4v) is 3.31. The molecule has 1 aromatic carbocycles. The van der Waals surface area contributed by atoms with Crippen LogP contribution in [0.25, 0.3) is 11.4 Å². The van der Waals surface area contributed by atoms with Gasteiger partial charge in [0.15, 0.2) is 0 Å². The van der Waals surface area contributed by atoms with Gasteiger partial charge in [0.2, 0.25) is 17.6 Å². The van der Waals surface area contributed by atoms with Crippen molar-refractivity contribution in [3.63, 3.8) is 0 Å². The summed E-state index contributed by atoms with van der Waals surface area (Å²) in [6, 6.07) is 9.55. The largest absolute Gasteiger partial charge is 0.339 e. The third-order valence-electron chi connectivity index (χ3n) is 4.63. The fraction of sp³-hybridized carbons (Fsp3) is 0.389. The van der Waals surface area contributed by atoms with Crippen LogP contribution in [-0.4, -0.2) is 37.8 Å². The second kappa shape index (κ2) is 7.07. The second-order valence-electron chi connectivity index (χ2n) is 6.36. The summed E-state index contributed by atoms with van der Waals surface area (Å²) in [6.45, 7) is 2.56. The van der Waals surface area contributed by atoms with Crippen LogP contribution >= 0.6 is 0 Å². The van der Waals surface area contributed by atoms with Crippen LogP contribution in [0.4, 0.5) is 0 Å². The van der Waals surface area contributed by atoms with E-state index in [4.69, 9.17) is 9.15 Å². The van der Waals surface area contributed by atoms with Gasteiger partial charge >= 0.3 is 0 Å². The lowest BCUT2D eigenvalue weighted by atomic mass is 10.1. The van der Waals surface area contributed by atoms with E-state index in [0.717, 1.165) is 36.3 Å². The van der Waals surface area contributed by atoms with Crippen molar-refractivity contribution >= 4 is 5.91 Å². The van der Waals surface area contributed by atoms with Crippen LogP contribution < -0.4 is 0 Å². The lowest BCUT2D eigenvalue weighted by Gasteiger charge is -2.22. The van der Waals surface area contributed by atoms with E-state index >= 15 is 0 Å². The van der Waals surface area contributed by atoms with Crippen molar-refractivity contribution in [3.8, 4) is 11.4 Å². The van der Waals surface area contributed by atoms with E-state index in [0.29, 0.717) is 24.6 Å². The molecule has 1 atom stereocenters. The highest BCUT2D eigenvalue weighted by Gasteiger charge is 2.33. The number of benzene rings is 1. The summed E-state index contributed by atoms with van der Waals surface area (Å²) in [6.07, 6.45) is 2.55. The molecule has 3 heterocycles. The van der Waals surface area contributed by atoms with E-state index in [1.165, 1.54) is 0 Å². The first-order valence-electron chi connectivity index (χ1n) is 8.69. The van der Waals surface area contributed by atoms with E-state index in [9.17, 15) is 4.79 Å². The molecule has 3 aromatic rings. The Morgan fingerprint density at radius 3 is 2.85 bits per heavy atom. The van der Waals surface area contributed by atoms with E-state index in [2.05, 4.69) is 20.5 Å². The maximum absolute atomic E-state index is 12.7. The molecule has 8 nitrogen and oxygen atoms in total. The third kappa shape index (κ3) is 3.22. The molecule has 1 unspecified atom stereocenters. The summed E-state index contributed by atoms with van der Waals surface area (Å²) in [5.41, 5.74) is 2.38. The van der Waals surface area contributed by atoms with Gasteiger partial charge < -0.3 is 9.42 Å². The lowest BCUT2D eigenvalue weighted by molar-refractivity contribution is -0.132. The number of nitrogens with zero attached hydrogens (tertiary/aromatic N) is 5. The normalized spacial score (nSPS) is 17.0. The highest BCUT2D eigenvalue weighted by molar-refractivity contribution is 5.77. The van der Waals surface area contributed by atoms with Gasteiger partial charge in [0.25, 0.3) is 0 Å². The Kier molecular flexibility index (Phi) is 4.47. The molecule has 1 aliphatic heterocycles. The van der Waals surface area contributed by atoms with Gasteiger partial charge in [-0.2, -0.15) is 4.98 Å². The monoisotopic (exact) mass is 353 g/mol. The van der Waals surface area contributed by atoms with Crippen LogP contribution in [0.15, 0.2) is 39.5 Å². The minimum absolute atomic E-state index is 0.0503. The fourth-order valence-electron chi connectivity index (χ4n) is 3.31. The number of hydrogen-bond acceptors (Lipinski definition) is 7. The van der Waals surface area contributed by atoms with Crippen molar-refractivity contribution in [2.24, 2.45) is 0 Å². The first kappa shape index (κ1) is 16.4. The first-order valence-corrected chi connectivity index (χ1v) is 8.69. The maximum atomic E-state index is 12.7. The zero-order chi connectivity index (χ0) is 17.9. The van der Waals surface area contributed by atoms with Crippen LogP contribution in [0.3, 0.4) is 0 Å². The van der Waals surface area contributed by atoms with Crippen molar-refractivity contribution in [2.45, 2.75) is 38.6 Å². The Hall–Kier alpha value is -3.03. The number of amides is 1. The Balaban J connectivity index is 1.40. The molecule has 4 rings (SSSR count). The van der Waals surface area contributed by atoms with Gasteiger partial charge in [0, 0.05) is 24.9 Å². The van der Waals surface area contributed by atoms with Crippen molar-refractivity contribution in [3.05, 3.63) is 47.6 Å². The van der Waals surface area contributed by atoms with Gasteiger partial charge in [0.05, 0.1) is 6.04 Å². The number of aryl methyl sites for hydroxylation is 2. The first-order chi connectivity index (χ1) is 12.7. The zero-order valence-electron chi connectivity index (χ0n) is 14.5. The molecule has 0 spiro atoms. The molecule has 2 aromatic heterocycles.